The van der Waals surface area contributed by atoms with Crippen molar-refractivity contribution in [3.8, 4) is 5.75 Å². The van der Waals surface area contributed by atoms with E-state index < -0.39 is 0 Å². The number of ether oxygens (including phenoxy) is 6. The normalized spacial score (nSPS) is 16.3. The van der Waals surface area contributed by atoms with Crippen molar-refractivity contribution in [2.75, 3.05) is 91.6 Å². The molecule has 2 atom stereocenters. The fourth-order valence-corrected chi connectivity index (χ4v) is 5.83. The Balaban J connectivity index is 1.26. The Morgan fingerprint density at radius 3 is 2.09 bits per heavy atom. The molecule has 0 radical (unpaired) electrons. The first-order valence-electron chi connectivity index (χ1n) is 15.1. The molecule has 0 saturated carbocycles. The van der Waals surface area contributed by atoms with Crippen molar-refractivity contribution in [2.45, 2.75) is 43.4 Å². The highest BCUT2D eigenvalue weighted by Crippen LogP contribution is 2.30. The molecule has 244 valence electrons. The fourth-order valence-electron chi connectivity index (χ4n) is 4.34. The molecule has 0 bridgehead atoms. The SMILES string of the molecule is NCNC1CCSC1CCCCC(=O)NCCOCCOCCOCCOCCOCCOc1cc(C=O)ccc1C=O. The van der Waals surface area contributed by atoms with Crippen molar-refractivity contribution in [2.24, 2.45) is 5.73 Å². The maximum Gasteiger partial charge on any atom is 0.220 e. The molecule has 1 saturated heterocycles. The number of amides is 1. The largest absolute Gasteiger partial charge is 0.490 e. The van der Waals surface area contributed by atoms with Crippen LogP contribution in [-0.4, -0.2) is 121 Å². The van der Waals surface area contributed by atoms with E-state index in [2.05, 4.69) is 10.6 Å². The van der Waals surface area contributed by atoms with Crippen LogP contribution < -0.4 is 21.1 Å². The molecule has 1 heterocycles. The van der Waals surface area contributed by atoms with Crippen LogP contribution in [0.1, 0.15) is 52.8 Å². The van der Waals surface area contributed by atoms with Gasteiger partial charge in [0.25, 0.3) is 0 Å². The minimum Gasteiger partial charge on any atom is -0.490 e. The molecule has 13 heteroatoms. The Hall–Kier alpha value is -2.10. The monoisotopic (exact) mass is 627 g/mol. The van der Waals surface area contributed by atoms with Crippen LogP contribution in [0.5, 0.6) is 5.75 Å². The molecule has 43 heavy (non-hydrogen) atoms. The molecule has 1 amide bonds. The highest BCUT2D eigenvalue weighted by atomic mass is 32.2. The Morgan fingerprint density at radius 2 is 1.49 bits per heavy atom. The molecule has 1 aromatic rings. The zero-order valence-electron chi connectivity index (χ0n) is 25.1. The molecule has 2 rings (SSSR count). The van der Waals surface area contributed by atoms with E-state index in [-0.39, 0.29) is 12.5 Å². The van der Waals surface area contributed by atoms with E-state index in [9.17, 15) is 14.4 Å². The van der Waals surface area contributed by atoms with Crippen molar-refractivity contribution in [3.63, 3.8) is 0 Å². The van der Waals surface area contributed by atoms with Gasteiger partial charge >= 0.3 is 0 Å². The summed E-state index contributed by atoms with van der Waals surface area (Å²) in [5.41, 5.74) is 6.44. The van der Waals surface area contributed by atoms with Gasteiger partial charge < -0.3 is 44.8 Å². The van der Waals surface area contributed by atoms with E-state index in [1.165, 1.54) is 18.2 Å². The maximum absolute atomic E-state index is 12.0. The van der Waals surface area contributed by atoms with Gasteiger partial charge in [0.05, 0.1) is 71.6 Å². The number of unbranched alkanes of at least 4 members (excludes halogenated alkanes) is 1. The number of carbonyl (C=O) groups is 3. The Bertz CT molecular complexity index is 896. The van der Waals surface area contributed by atoms with Crippen LogP contribution in [0.2, 0.25) is 0 Å². The molecule has 12 nitrogen and oxygen atoms in total. The van der Waals surface area contributed by atoms with Crippen LogP contribution >= 0.6 is 11.8 Å². The number of carbonyl (C=O) groups excluding carboxylic acids is 3. The third kappa shape index (κ3) is 17.7. The minimum atomic E-state index is 0.0727. The van der Waals surface area contributed by atoms with Crippen LogP contribution in [0.25, 0.3) is 0 Å². The number of aldehydes is 2. The zero-order chi connectivity index (χ0) is 30.8. The summed E-state index contributed by atoms with van der Waals surface area (Å²) in [6.07, 6.45) is 6.19. The molecule has 0 spiro atoms. The fraction of sp³-hybridized carbons (Fsp3) is 0.700. The predicted molar refractivity (Wildman–Crippen MR) is 165 cm³/mol. The van der Waals surface area contributed by atoms with Crippen LogP contribution in [0.15, 0.2) is 18.2 Å². The topological polar surface area (TPSA) is 157 Å². The Morgan fingerprint density at radius 1 is 0.860 bits per heavy atom. The maximum atomic E-state index is 12.0. The number of hydrogen-bond acceptors (Lipinski definition) is 12. The van der Waals surface area contributed by atoms with E-state index >= 15 is 0 Å². The zero-order valence-corrected chi connectivity index (χ0v) is 26.0. The second-order valence-electron chi connectivity index (χ2n) is 9.75. The van der Waals surface area contributed by atoms with E-state index in [0.717, 1.165) is 19.3 Å². The van der Waals surface area contributed by atoms with Gasteiger partial charge in [-0.3, -0.25) is 14.4 Å². The molecule has 0 aliphatic carbocycles. The summed E-state index contributed by atoms with van der Waals surface area (Å²) in [5, 5.41) is 6.87. The smallest absolute Gasteiger partial charge is 0.220 e. The average molecular weight is 628 g/mol. The average Bonchev–Trinajstić information content (AvgIpc) is 3.47. The van der Waals surface area contributed by atoms with Crippen LogP contribution in [-0.2, 0) is 28.5 Å². The highest BCUT2D eigenvalue weighted by molar-refractivity contribution is 8.00. The van der Waals surface area contributed by atoms with Crippen molar-refractivity contribution in [3.05, 3.63) is 29.3 Å². The van der Waals surface area contributed by atoms with Crippen LogP contribution in [0.3, 0.4) is 0 Å². The minimum absolute atomic E-state index is 0.0727. The number of hydrogen-bond donors (Lipinski definition) is 3. The summed E-state index contributed by atoms with van der Waals surface area (Å²) < 4.78 is 32.8. The van der Waals surface area contributed by atoms with Crippen molar-refractivity contribution in [1.82, 2.24) is 10.6 Å². The highest BCUT2D eigenvalue weighted by Gasteiger charge is 2.26. The summed E-state index contributed by atoms with van der Waals surface area (Å²) in [6.45, 7) is 5.65. The summed E-state index contributed by atoms with van der Waals surface area (Å²) in [5.74, 6) is 1.62. The molecule has 1 aliphatic rings. The first kappa shape index (κ1) is 37.1. The Kier molecular flexibility index (Phi) is 21.8. The van der Waals surface area contributed by atoms with Gasteiger partial charge in [0.15, 0.2) is 6.29 Å². The summed E-state index contributed by atoms with van der Waals surface area (Å²) in [6, 6.07) is 5.15. The van der Waals surface area contributed by atoms with Crippen molar-refractivity contribution < 1.29 is 42.8 Å². The molecule has 1 fully saturated rings. The lowest BCUT2D eigenvalue weighted by Crippen LogP contribution is -2.38. The van der Waals surface area contributed by atoms with Gasteiger partial charge in [-0.15, -0.1) is 0 Å². The Labute approximate surface area is 259 Å². The van der Waals surface area contributed by atoms with E-state index in [0.29, 0.717) is 126 Å². The summed E-state index contributed by atoms with van der Waals surface area (Å²) >= 11 is 2.01. The summed E-state index contributed by atoms with van der Waals surface area (Å²) in [7, 11) is 0. The lowest BCUT2D eigenvalue weighted by Gasteiger charge is -2.19. The van der Waals surface area contributed by atoms with Gasteiger partial charge in [0.1, 0.15) is 18.6 Å². The number of rotatable bonds is 28. The first-order valence-corrected chi connectivity index (χ1v) is 16.1. The standard InChI is InChI=1S/C30H49N3O9S/c31-24-33-27-7-20-43-29(27)3-1-2-4-30(36)32-8-9-37-10-11-38-12-13-39-14-15-40-16-17-41-18-19-42-28-21-25(22-34)5-6-26(28)23-35/h5-6,21-23,27,29,33H,1-4,7-20,24,31H2,(H,32,36). The van der Waals surface area contributed by atoms with E-state index in [1.807, 2.05) is 11.8 Å². The predicted octanol–water partition coefficient (Wildman–Crippen LogP) is 1.83. The van der Waals surface area contributed by atoms with Crippen molar-refractivity contribution in [1.29, 1.82) is 0 Å². The lowest BCUT2D eigenvalue weighted by molar-refractivity contribution is -0.121. The first-order chi connectivity index (χ1) is 21.2. The summed E-state index contributed by atoms with van der Waals surface area (Å²) in [4.78, 5) is 33.9. The van der Waals surface area contributed by atoms with Gasteiger partial charge in [0, 0.05) is 36.5 Å². The van der Waals surface area contributed by atoms with Crippen molar-refractivity contribution >= 4 is 30.2 Å². The van der Waals surface area contributed by atoms with Gasteiger partial charge in [-0.05, 0) is 37.1 Å². The molecular weight excluding hydrogens is 578 g/mol. The quantitative estimate of drug-likeness (QED) is 0.0705. The van der Waals surface area contributed by atoms with Gasteiger partial charge in [-0.2, -0.15) is 11.8 Å². The number of benzene rings is 1. The molecule has 4 N–H and O–H groups in total. The van der Waals surface area contributed by atoms with Crippen LogP contribution in [0, 0.1) is 0 Å². The van der Waals surface area contributed by atoms with E-state index in [1.54, 1.807) is 12.1 Å². The third-order valence-corrected chi connectivity index (χ3v) is 8.04. The molecule has 1 aliphatic heterocycles. The molecule has 2 unspecified atom stereocenters. The third-order valence-electron chi connectivity index (χ3n) is 6.57. The number of nitrogens with two attached hydrogens (primary N) is 1. The second kappa shape index (κ2) is 25.2. The van der Waals surface area contributed by atoms with Gasteiger partial charge in [-0.1, -0.05) is 12.5 Å². The van der Waals surface area contributed by atoms with Gasteiger partial charge in [-0.25, -0.2) is 0 Å². The van der Waals surface area contributed by atoms with Crippen LogP contribution in [0.4, 0.5) is 0 Å². The molecule has 0 aromatic heterocycles. The number of thioether (sulfide) groups is 1. The van der Waals surface area contributed by atoms with Gasteiger partial charge in [0.2, 0.25) is 5.91 Å². The number of nitrogens with one attached hydrogen (secondary N) is 2. The second-order valence-corrected chi connectivity index (χ2v) is 11.1. The lowest BCUT2D eigenvalue weighted by atomic mass is 10.0. The molecular formula is C30H49N3O9S. The van der Waals surface area contributed by atoms with E-state index in [4.69, 9.17) is 34.2 Å². The molecule has 1 aromatic carbocycles.